The van der Waals surface area contributed by atoms with Crippen molar-refractivity contribution in [2.45, 2.75) is 38.4 Å². The molecule has 2 aliphatic rings. The van der Waals surface area contributed by atoms with Crippen molar-refractivity contribution in [1.29, 1.82) is 0 Å². The average molecular weight is 350 g/mol. The van der Waals surface area contributed by atoms with Crippen LogP contribution >= 0.6 is 0 Å². The number of carbonyl (C=O) groups excluding carboxylic acids is 1. The number of esters is 1. The van der Waals surface area contributed by atoms with E-state index >= 15 is 0 Å². The molecule has 4 nitrogen and oxygen atoms in total. The minimum Gasteiger partial charge on any atom is -0.462 e. The van der Waals surface area contributed by atoms with Gasteiger partial charge in [0.1, 0.15) is 6.17 Å². The lowest BCUT2D eigenvalue weighted by atomic mass is 10.0. The van der Waals surface area contributed by atoms with Crippen LogP contribution in [0.1, 0.15) is 48.3 Å². The summed E-state index contributed by atoms with van der Waals surface area (Å²) in [5, 5.41) is 0. The normalized spacial score (nSPS) is 22.9. The van der Waals surface area contributed by atoms with E-state index in [1.807, 2.05) is 19.1 Å². The number of rotatable bonds is 4. The van der Waals surface area contributed by atoms with Crippen LogP contribution in [0.3, 0.4) is 0 Å². The Kier molecular flexibility index (Phi) is 4.93. The van der Waals surface area contributed by atoms with Gasteiger partial charge in [-0.1, -0.05) is 36.8 Å². The van der Waals surface area contributed by atoms with Crippen LogP contribution in [0.2, 0.25) is 0 Å². The monoisotopic (exact) mass is 350 g/mol. The van der Waals surface area contributed by atoms with Gasteiger partial charge in [-0.2, -0.15) is 0 Å². The van der Waals surface area contributed by atoms with Crippen molar-refractivity contribution in [2.24, 2.45) is 0 Å². The summed E-state index contributed by atoms with van der Waals surface area (Å²) in [6.07, 6.45) is 4.13. The first kappa shape index (κ1) is 17.1. The lowest BCUT2D eigenvalue weighted by Crippen LogP contribution is -2.37. The van der Waals surface area contributed by atoms with Gasteiger partial charge in [-0.25, -0.2) is 4.79 Å². The highest BCUT2D eigenvalue weighted by Gasteiger charge is 2.41. The zero-order chi connectivity index (χ0) is 17.9. The molecule has 0 N–H and O–H groups in total. The van der Waals surface area contributed by atoms with Gasteiger partial charge in [0.05, 0.1) is 12.2 Å². The third kappa shape index (κ3) is 3.21. The molecule has 136 valence electrons. The molecule has 4 rings (SSSR count). The van der Waals surface area contributed by atoms with Crippen LogP contribution in [-0.2, 0) is 4.74 Å². The number of piperidine rings is 1. The van der Waals surface area contributed by atoms with Crippen molar-refractivity contribution in [3.63, 3.8) is 0 Å². The zero-order valence-electron chi connectivity index (χ0n) is 15.3. The summed E-state index contributed by atoms with van der Waals surface area (Å²) in [5.41, 5.74) is 3.12. The molecule has 0 spiro atoms. The summed E-state index contributed by atoms with van der Waals surface area (Å²) in [5.74, 6) is -0.252. The second kappa shape index (κ2) is 7.50. The minimum atomic E-state index is -0.252. The molecule has 0 amide bonds. The number of carbonyl (C=O) groups is 1. The highest BCUT2D eigenvalue weighted by molar-refractivity contribution is 5.89. The number of anilines is 1. The Morgan fingerprint density at radius 3 is 2.58 bits per heavy atom. The van der Waals surface area contributed by atoms with Gasteiger partial charge in [-0.3, -0.25) is 4.90 Å². The van der Waals surface area contributed by atoms with Crippen molar-refractivity contribution in [3.8, 4) is 0 Å². The molecule has 26 heavy (non-hydrogen) atoms. The second-order valence-corrected chi connectivity index (χ2v) is 7.09. The molecule has 2 saturated heterocycles. The molecule has 0 bridgehead atoms. The predicted octanol–water partition coefficient (Wildman–Crippen LogP) is 4.24. The second-order valence-electron chi connectivity index (χ2n) is 7.09. The Labute approximate surface area is 155 Å². The van der Waals surface area contributed by atoms with E-state index in [4.69, 9.17) is 4.74 Å². The predicted molar refractivity (Wildman–Crippen MR) is 103 cm³/mol. The molecule has 2 aliphatic heterocycles. The van der Waals surface area contributed by atoms with Crippen molar-refractivity contribution in [3.05, 3.63) is 65.7 Å². The molecule has 2 fully saturated rings. The SMILES string of the molecule is CCOC(=O)c1ccc(N2C[C@@H]3CCCCN3[C@H]2c2ccccc2)cc1. The number of hydrogen-bond acceptors (Lipinski definition) is 4. The van der Waals surface area contributed by atoms with Gasteiger partial charge in [0.2, 0.25) is 0 Å². The van der Waals surface area contributed by atoms with E-state index in [1.54, 1.807) is 0 Å². The summed E-state index contributed by atoms with van der Waals surface area (Å²) in [6.45, 7) is 4.43. The van der Waals surface area contributed by atoms with E-state index in [9.17, 15) is 4.79 Å². The van der Waals surface area contributed by atoms with Crippen molar-refractivity contribution in [1.82, 2.24) is 4.90 Å². The first-order valence-corrected chi connectivity index (χ1v) is 9.62. The average Bonchev–Trinajstić information content (AvgIpc) is 3.08. The first-order valence-electron chi connectivity index (χ1n) is 9.62. The van der Waals surface area contributed by atoms with E-state index in [1.165, 1.54) is 30.5 Å². The molecule has 0 aliphatic carbocycles. The van der Waals surface area contributed by atoms with Gasteiger partial charge in [-0.05, 0) is 49.6 Å². The first-order chi connectivity index (χ1) is 12.8. The lowest BCUT2D eigenvalue weighted by Gasteiger charge is -2.35. The van der Waals surface area contributed by atoms with Gasteiger partial charge in [-0.15, -0.1) is 0 Å². The van der Waals surface area contributed by atoms with Gasteiger partial charge in [0.15, 0.2) is 0 Å². The van der Waals surface area contributed by atoms with E-state index in [2.05, 4.69) is 52.3 Å². The molecule has 2 atom stereocenters. The molecule has 2 heterocycles. The maximum atomic E-state index is 11.9. The standard InChI is InChI=1S/C22H26N2O2/c1-2-26-22(25)18-11-13-19(14-12-18)24-16-20-10-6-7-15-23(20)21(24)17-8-4-3-5-9-17/h3-5,8-9,11-14,20-21H,2,6-7,10,15-16H2,1H3/t20-,21+/m0/s1. The third-order valence-corrected chi connectivity index (χ3v) is 5.50. The maximum Gasteiger partial charge on any atom is 0.338 e. The molecular formula is C22H26N2O2. The van der Waals surface area contributed by atoms with Crippen molar-refractivity contribution in [2.75, 3.05) is 24.6 Å². The Bertz CT molecular complexity index is 744. The number of benzene rings is 2. The molecule has 0 aromatic heterocycles. The maximum absolute atomic E-state index is 11.9. The number of fused-ring (bicyclic) bond motifs is 1. The molecule has 2 aromatic rings. The highest BCUT2D eigenvalue weighted by Crippen LogP contribution is 2.40. The fraction of sp³-hybridized carbons (Fsp3) is 0.409. The number of nitrogens with zero attached hydrogens (tertiary/aromatic N) is 2. The molecular weight excluding hydrogens is 324 g/mol. The van der Waals surface area contributed by atoms with Crippen LogP contribution in [0.5, 0.6) is 0 Å². The summed E-state index contributed by atoms with van der Waals surface area (Å²) in [6, 6.07) is 19.2. The van der Waals surface area contributed by atoms with E-state index < -0.39 is 0 Å². The smallest absolute Gasteiger partial charge is 0.338 e. The Morgan fingerprint density at radius 1 is 1.08 bits per heavy atom. The Hall–Kier alpha value is -2.33. The van der Waals surface area contributed by atoms with Crippen molar-refractivity contribution >= 4 is 11.7 Å². The van der Waals surface area contributed by atoms with Gasteiger partial charge in [0, 0.05) is 24.8 Å². The lowest BCUT2D eigenvalue weighted by molar-refractivity contribution is 0.0526. The quantitative estimate of drug-likeness (QED) is 0.772. The van der Waals surface area contributed by atoms with Crippen molar-refractivity contribution < 1.29 is 9.53 Å². The summed E-state index contributed by atoms with van der Waals surface area (Å²) < 4.78 is 5.10. The fourth-order valence-electron chi connectivity index (χ4n) is 4.29. The number of hydrogen-bond donors (Lipinski definition) is 0. The van der Waals surface area contributed by atoms with Gasteiger partial charge >= 0.3 is 5.97 Å². The fourth-order valence-corrected chi connectivity index (χ4v) is 4.29. The molecule has 2 aromatic carbocycles. The molecule has 4 heteroatoms. The Morgan fingerprint density at radius 2 is 1.85 bits per heavy atom. The van der Waals surface area contributed by atoms with E-state index in [-0.39, 0.29) is 12.1 Å². The van der Waals surface area contributed by atoms with E-state index in [0.29, 0.717) is 18.2 Å². The van der Waals surface area contributed by atoms with Crippen LogP contribution in [0.15, 0.2) is 54.6 Å². The zero-order valence-corrected chi connectivity index (χ0v) is 15.3. The molecule has 0 saturated carbocycles. The number of ether oxygens (including phenoxy) is 1. The van der Waals surface area contributed by atoms with Crippen LogP contribution < -0.4 is 4.90 Å². The van der Waals surface area contributed by atoms with Gasteiger partial charge < -0.3 is 9.64 Å². The molecule has 0 unspecified atom stereocenters. The highest BCUT2D eigenvalue weighted by atomic mass is 16.5. The van der Waals surface area contributed by atoms with E-state index in [0.717, 1.165) is 13.1 Å². The largest absolute Gasteiger partial charge is 0.462 e. The topological polar surface area (TPSA) is 32.8 Å². The van der Waals surface area contributed by atoms with Crippen LogP contribution in [0, 0.1) is 0 Å². The minimum absolute atomic E-state index is 0.252. The molecule has 0 radical (unpaired) electrons. The summed E-state index contributed by atoms with van der Waals surface area (Å²) in [4.78, 5) is 17.1. The van der Waals surface area contributed by atoms with Crippen LogP contribution in [-0.4, -0.2) is 36.6 Å². The Balaban J connectivity index is 1.64. The third-order valence-electron chi connectivity index (χ3n) is 5.50. The van der Waals surface area contributed by atoms with Crippen LogP contribution in [0.25, 0.3) is 0 Å². The van der Waals surface area contributed by atoms with Crippen LogP contribution in [0.4, 0.5) is 5.69 Å². The van der Waals surface area contributed by atoms with Gasteiger partial charge in [0.25, 0.3) is 0 Å². The summed E-state index contributed by atoms with van der Waals surface area (Å²) >= 11 is 0. The summed E-state index contributed by atoms with van der Waals surface area (Å²) in [7, 11) is 0.